The second-order valence-electron chi connectivity index (χ2n) is 8.38. The lowest BCUT2D eigenvalue weighted by Gasteiger charge is -2.30. The smallest absolute Gasteiger partial charge is 0.229 e. The molecular weight excluding hydrogens is 382 g/mol. The molecule has 3 N–H and O–H groups in total. The first-order valence-electron chi connectivity index (χ1n) is 10.8. The van der Waals surface area contributed by atoms with Gasteiger partial charge in [0.25, 0.3) is 0 Å². The maximum absolute atomic E-state index is 11.5. The van der Waals surface area contributed by atoms with Crippen molar-refractivity contribution in [3.8, 4) is 0 Å². The van der Waals surface area contributed by atoms with Crippen LogP contribution in [0, 0.1) is 11.1 Å². The highest BCUT2D eigenvalue weighted by Crippen LogP contribution is 2.42. The molecule has 5 rings (SSSR count). The number of anilines is 2. The number of hydrogen-bond acceptors (Lipinski definition) is 7. The zero-order valence-corrected chi connectivity index (χ0v) is 16.9. The van der Waals surface area contributed by atoms with Crippen LogP contribution in [0.4, 0.5) is 11.9 Å². The molecule has 30 heavy (non-hydrogen) atoms. The van der Waals surface area contributed by atoms with Gasteiger partial charge in [-0.05, 0) is 37.7 Å². The summed E-state index contributed by atoms with van der Waals surface area (Å²) in [6.07, 6.45) is 11.5. The lowest BCUT2D eigenvalue weighted by atomic mass is 9.85. The standard InChI is InChI=1S/C21H27N7O2/c29-13-16-5-1-2-6-18(16)24-20-25-19-17(15-7-8-15)11-23-28(19)21(26-20)22-10-14-4-3-9-27(30)12-14/h3-4,9,11-12,15-16,18,29H,1-2,5-8,10,13H2,(H2,22,24,25,26)/t16-,18-/m0/s1. The Balaban J connectivity index is 1.45. The molecule has 2 saturated carbocycles. The predicted molar refractivity (Wildman–Crippen MR) is 112 cm³/mol. The van der Waals surface area contributed by atoms with Gasteiger partial charge in [0.2, 0.25) is 11.9 Å². The van der Waals surface area contributed by atoms with Gasteiger partial charge in [-0.2, -0.15) is 24.3 Å². The Kier molecular flexibility index (Phi) is 5.12. The third-order valence-electron chi connectivity index (χ3n) is 6.16. The zero-order chi connectivity index (χ0) is 20.5. The fraction of sp³-hybridized carbons (Fsp3) is 0.524. The molecule has 0 radical (unpaired) electrons. The average molecular weight is 409 g/mol. The Hall–Kier alpha value is -2.94. The molecule has 9 nitrogen and oxygen atoms in total. The summed E-state index contributed by atoms with van der Waals surface area (Å²) in [4.78, 5) is 9.49. The zero-order valence-electron chi connectivity index (χ0n) is 16.9. The Morgan fingerprint density at radius 1 is 1.20 bits per heavy atom. The van der Waals surface area contributed by atoms with Crippen LogP contribution < -0.4 is 15.4 Å². The maximum Gasteiger partial charge on any atom is 0.229 e. The molecule has 0 saturated heterocycles. The van der Waals surface area contributed by atoms with E-state index in [9.17, 15) is 10.3 Å². The van der Waals surface area contributed by atoms with E-state index < -0.39 is 0 Å². The molecule has 0 bridgehead atoms. The molecule has 0 aromatic carbocycles. The first-order valence-corrected chi connectivity index (χ1v) is 10.8. The normalized spacial score (nSPS) is 21.6. The summed E-state index contributed by atoms with van der Waals surface area (Å²) in [5.41, 5.74) is 2.83. The topological polar surface area (TPSA) is 114 Å². The number of nitrogens with one attached hydrogen (secondary N) is 2. The quantitative estimate of drug-likeness (QED) is 0.405. The summed E-state index contributed by atoms with van der Waals surface area (Å²) < 4.78 is 2.54. The number of aliphatic hydroxyl groups excluding tert-OH is 1. The third-order valence-corrected chi connectivity index (χ3v) is 6.16. The lowest BCUT2D eigenvalue weighted by Crippen LogP contribution is -2.35. The Morgan fingerprint density at radius 2 is 2.07 bits per heavy atom. The Morgan fingerprint density at radius 3 is 2.87 bits per heavy atom. The number of fused-ring (bicyclic) bond motifs is 1. The van der Waals surface area contributed by atoms with Gasteiger partial charge in [0, 0.05) is 42.3 Å². The van der Waals surface area contributed by atoms with Crippen LogP contribution in [0.5, 0.6) is 0 Å². The van der Waals surface area contributed by atoms with Crippen molar-refractivity contribution in [3.05, 3.63) is 47.1 Å². The molecule has 0 aliphatic heterocycles. The van der Waals surface area contributed by atoms with Gasteiger partial charge in [-0.25, -0.2) is 0 Å². The fourth-order valence-electron chi connectivity index (χ4n) is 4.32. The molecule has 0 amide bonds. The van der Waals surface area contributed by atoms with Gasteiger partial charge < -0.3 is 20.9 Å². The summed E-state index contributed by atoms with van der Waals surface area (Å²) in [6, 6.07) is 3.79. The number of nitrogens with zero attached hydrogens (tertiary/aromatic N) is 5. The van der Waals surface area contributed by atoms with Crippen LogP contribution in [0.25, 0.3) is 5.65 Å². The van der Waals surface area contributed by atoms with Crippen LogP contribution in [0.15, 0.2) is 30.7 Å². The number of aliphatic hydroxyl groups is 1. The van der Waals surface area contributed by atoms with Crippen molar-refractivity contribution >= 4 is 17.5 Å². The molecule has 0 spiro atoms. The van der Waals surface area contributed by atoms with Crippen LogP contribution in [0.3, 0.4) is 0 Å². The molecule has 3 heterocycles. The summed E-state index contributed by atoms with van der Waals surface area (Å²) >= 11 is 0. The first kappa shape index (κ1) is 19.0. The van der Waals surface area contributed by atoms with E-state index in [-0.39, 0.29) is 18.6 Å². The molecule has 2 fully saturated rings. The van der Waals surface area contributed by atoms with E-state index in [1.807, 2.05) is 12.3 Å². The number of aromatic nitrogens is 5. The lowest BCUT2D eigenvalue weighted by molar-refractivity contribution is -0.605. The van der Waals surface area contributed by atoms with Crippen LogP contribution in [0.1, 0.15) is 55.6 Å². The minimum atomic E-state index is 0.167. The molecule has 0 unspecified atom stereocenters. The molecule has 2 aliphatic carbocycles. The van der Waals surface area contributed by atoms with Gasteiger partial charge in [0.1, 0.15) is 0 Å². The molecule has 2 atom stereocenters. The second-order valence-corrected chi connectivity index (χ2v) is 8.38. The number of rotatable bonds is 7. The van der Waals surface area contributed by atoms with E-state index in [2.05, 4.69) is 15.7 Å². The monoisotopic (exact) mass is 409 g/mol. The van der Waals surface area contributed by atoms with Gasteiger partial charge in [-0.3, -0.25) is 0 Å². The summed E-state index contributed by atoms with van der Waals surface area (Å²) in [6.45, 7) is 0.629. The van der Waals surface area contributed by atoms with Crippen molar-refractivity contribution < 1.29 is 9.84 Å². The molecule has 3 aromatic heterocycles. The largest absolute Gasteiger partial charge is 0.619 e. The molecular formula is C21H27N7O2. The van der Waals surface area contributed by atoms with E-state index >= 15 is 0 Å². The predicted octanol–water partition coefficient (Wildman–Crippen LogP) is 2.21. The summed E-state index contributed by atoms with van der Waals surface area (Å²) in [5.74, 6) is 1.89. The minimum Gasteiger partial charge on any atom is -0.619 e. The minimum absolute atomic E-state index is 0.167. The van der Waals surface area contributed by atoms with E-state index in [4.69, 9.17) is 9.97 Å². The van der Waals surface area contributed by atoms with Crippen LogP contribution in [-0.4, -0.2) is 37.3 Å². The van der Waals surface area contributed by atoms with Gasteiger partial charge in [0.05, 0.1) is 6.20 Å². The molecule has 158 valence electrons. The SMILES string of the molecule is [O-][n+]1cccc(CNc2nc(N[C@H]3CCCC[C@H]3CO)nc3c(C4CC4)cnn23)c1. The molecule has 2 aliphatic rings. The Bertz CT molecular complexity index is 1030. The summed E-state index contributed by atoms with van der Waals surface area (Å²) in [5, 5.41) is 32.6. The van der Waals surface area contributed by atoms with Gasteiger partial charge >= 0.3 is 0 Å². The van der Waals surface area contributed by atoms with E-state index in [0.29, 0.717) is 24.4 Å². The van der Waals surface area contributed by atoms with Crippen molar-refractivity contribution in [2.24, 2.45) is 5.92 Å². The first-order chi connectivity index (χ1) is 14.7. The van der Waals surface area contributed by atoms with Crippen molar-refractivity contribution in [1.82, 2.24) is 19.6 Å². The van der Waals surface area contributed by atoms with Crippen LogP contribution in [-0.2, 0) is 6.54 Å². The number of pyridine rings is 1. The van der Waals surface area contributed by atoms with Gasteiger partial charge in [-0.15, -0.1) is 0 Å². The van der Waals surface area contributed by atoms with Crippen molar-refractivity contribution in [2.75, 3.05) is 17.2 Å². The average Bonchev–Trinajstić information content (AvgIpc) is 3.51. The second kappa shape index (κ2) is 8.06. The summed E-state index contributed by atoms with van der Waals surface area (Å²) in [7, 11) is 0. The Labute approximate surface area is 174 Å². The van der Waals surface area contributed by atoms with Gasteiger partial charge in [-0.1, -0.05) is 12.8 Å². The van der Waals surface area contributed by atoms with Gasteiger partial charge in [0.15, 0.2) is 18.0 Å². The van der Waals surface area contributed by atoms with Crippen molar-refractivity contribution in [2.45, 2.75) is 57.0 Å². The van der Waals surface area contributed by atoms with E-state index in [0.717, 1.165) is 47.2 Å². The highest BCUT2D eigenvalue weighted by molar-refractivity contribution is 5.57. The molecule has 9 heteroatoms. The maximum atomic E-state index is 11.5. The molecule has 3 aromatic rings. The van der Waals surface area contributed by atoms with Crippen LogP contribution in [0.2, 0.25) is 0 Å². The third kappa shape index (κ3) is 3.89. The van der Waals surface area contributed by atoms with E-state index in [1.54, 1.807) is 10.6 Å². The van der Waals surface area contributed by atoms with E-state index in [1.165, 1.54) is 25.2 Å². The fourth-order valence-corrected chi connectivity index (χ4v) is 4.32. The van der Waals surface area contributed by atoms with Crippen molar-refractivity contribution in [1.29, 1.82) is 0 Å². The highest BCUT2D eigenvalue weighted by atomic mass is 16.5. The van der Waals surface area contributed by atoms with Crippen LogP contribution >= 0.6 is 0 Å². The highest BCUT2D eigenvalue weighted by Gasteiger charge is 2.29. The van der Waals surface area contributed by atoms with Crippen molar-refractivity contribution in [3.63, 3.8) is 0 Å². The number of hydrogen-bond donors (Lipinski definition) is 3.